The number of amides is 1. The van der Waals surface area contributed by atoms with Gasteiger partial charge in [0.2, 0.25) is 11.8 Å². The second-order valence-electron chi connectivity index (χ2n) is 5.58. The monoisotopic (exact) mass is 323 g/mol. The number of nitrogens with zero attached hydrogens (tertiary/aromatic N) is 3. The summed E-state index contributed by atoms with van der Waals surface area (Å²) in [6.45, 7) is 2.59. The highest BCUT2D eigenvalue weighted by Crippen LogP contribution is 2.25. The van der Waals surface area contributed by atoms with Crippen molar-refractivity contribution in [2.75, 3.05) is 20.2 Å². The Morgan fingerprint density at radius 2 is 2.26 bits per heavy atom. The summed E-state index contributed by atoms with van der Waals surface area (Å²) in [5.74, 6) is 0.0222. The molecule has 0 spiro atoms. The first-order valence-corrected chi connectivity index (χ1v) is 7.54. The van der Waals surface area contributed by atoms with Crippen LogP contribution in [-0.2, 0) is 27.2 Å². The van der Waals surface area contributed by atoms with E-state index in [1.54, 1.807) is 0 Å². The maximum Gasteiger partial charge on any atom is 0.330 e. The van der Waals surface area contributed by atoms with E-state index in [2.05, 4.69) is 14.9 Å². The van der Waals surface area contributed by atoms with E-state index < -0.39 is 11.6 Å². The number of carbonyl (C=O) groups is 2. The van der Waals surface area contributed by atoms with Gasteiger partial charge in [-0.3, -0.25) is 4.79 Å². The zero-order chi connectivity index (χ0) is 16.9. The third kappa shape index (κ3) is 4.62. The predicted octanol–water partition coefficient (Wildman–Crippen LogP) is 0.257. The lowest BCUT2D eigenvalue weighted by molar-refractivity contribution is -0.136. The number of piperidine rings is 1. The highest BCUT2D eigenvalue weighted by molar-refractivity contribution is 5.94. The molecule has 1 aromatic rings. The van der Waals surface area contributed by atoms with Gasteiger partial charge in [-0.25, -0.2) is 4.79 Å². The molecule has 0 radical (unpaired) electrons. The van der Waals surface area contributed by atoms with Gasteiger partial charge in [-0.05, 0) is 12.8 Å². The van der Waals surface area contributed by atoms with Crippen molar-refractivity contribution in [2.24, 2.45) is 0 Å². The van der Waals surface area contributed by atoms with Gasteiger partial charge in [-0.1, -0.05) is 12.1 Å². The summed E-state index contributed by atoms with van der Waals surface area (Å²) in [5.41, 5.74) is -1.11. The highest BCUT2D eigenvalue weighted by atomic mass is 16.5. The first-order valence-electron chi connectivity index (χ1n) is 7.54. The van der Waals surface area contributed by atoms with E-state index in [1.807, 2.05) is 6.92 Å². The summed E-state index contributed by atoms with van der Waals surface area (Å²) >= 11 is 0. The van der Waals surface area contributed by atoms with Gasteiger partial charge < -0.3 is 19.3 Å². The molecule has 1 amide bonds. The number of hydrogen-bond donors (Lipinski definition) is 1. The van der Waals surface area contributed by atoms with Crippen molar-refractivity contribution in [3.8, 4) is 0 Å². The summed E-state index contributed by atoms with van der Waals surface area (Å²) in [4.78, 5) is 28.8. The summed E-state index contributed by atoms with van der Waals surface area (Å²) < 4.78 is 9.56. The maximum absolute atomic E-state index is 12.1. The van der Waals surface area contributed by atoms with Crippen LogP contribution in [0.3, 0.4) is 0 Å². The summed E-state index contributed by atoms with van der Waals surface area (Å²) in [6, 6.07) is 0. The van der Waals surface area contributed by atoms with E-state index in [-0.39, 0.29) is 18.9 Å². The van der Waals surface area contributed by atoms with Crippen molar-refractivity contribution < 1.29 is 24.0 Å². The number of rotatable bonds is 5. The molecular formula is C15H21N3O5. The fourth-order valence-corrected chi connectivity index (χ4v) is 2.54. The van der Waals surface area contributed by atoms with Gasteiger partial charge in [0.15, 0.2) is 5.82 Å². The first-order chi connectivity index (χ1) is 11.0. The molecule has 1 aliphatic heterocycles. The van der Waals surface area contributed by atoms with Crippen LogP contribution >= 0.6 is 0 Å². The van der Waals surface area contributed by atoms with E-state index in [0.717, 1.165) is 12.2 Å². The van der Waals surface area contributed by atoms with Gasteiger partial charge in [0.1, 0.15) is 0 Å². The van der Waals surface area contributed by atoms with Crippen LogP contribution in [0, 0.1) is 0 Å². The van der Waals surface area contributed by atoms with E-state index in [4.69, 9.17) is 4.52 Å². The number of aromatic nitrogens is 2. The third-order valence-electron chi connectivity index (χ3n) is 3.74. The molecule has 1 aliphatic rings. The molecule has 0 aromatic carbocycles. The van der Waals surface area contributed by atoms with E-state index in [1.165, 1.54) is 12.0 Å². The van der Waals surface area contributed by atoms with Crippen LogP contribution in [0.15, 0.2) is 16.7 Å². The van der Waals surface area contributed by atoms with Crippen molar-refractivity contribution in [1.82, 2.24) is 15.0 Å². The Labute approximate surface area is 134 Å². The van der Waals surface area contributed by atoms with Gasteiger partial charge in [0, 0.05) is 25.1 Å². The Kier molecular flexibility index (Phi) is 5.49. The molecule has 0 saturated carbocycles. The molecule has 126 valence electrons. The van der Waals surface area contributed by atoms with Crippen LogP contribution in [0.1, 0.15) is 31.5 Å². The quantitative estimate of drug-likeness (QED) is 0.612. The number of methoxy groups -OCH3 is 1. The maximum atomic E-state index is 12.1. The third-order valence-corrected chi connectivity index (χ3v) is 3.74. The van der Waals surface area contributed by atoms with Crippen molar-refractivity contribution >= 4 is 11.9 Å². The van der Waals surface area contributed by atoms with Gasteiger partial charge in [0.25, 0.3) is 0 Å². The fraction of sp³-hybridized carbons (Fsp3) is 0.600. The smallest absolute Gasteiger partial charge is 0.330 e. The van der Waals surface area contributed by atoms with Crippen LogP contribution in [-0.4, -0.2) is 57.8 Å². The number of β-amino-alcohol motifs (C(OH)–C–C–N with tert-alkyl or cyclic N) is 1. The van der Waals surface area contributed by atoms with Crippen LogP contribution in [0.2, 0.25) is 0 Å². The number of likely N-dealkylation sites (tertiary alicyclic amines) is 1. The molecule has 1 fully saturated rings. The number of ether oxygens (including phenoxy) is 1. The van der Waals surface area contributed by atoms with Crippen LogP contribution < -0.4 is 0 Å². The number of carbonyl (C=O) groups excluding carboxylic acids is 2. The van der Waals surface area contributed by atoms with Crippen LogP contribution in [0.25, 0.3) is 0 Å². The van der Waals surface area contributed by atoms with Crippen LogP contribution in [0.5, 0.6) is 0 Å². The first kappa shape index (κ1) is 17.1. The zero-order valence-electron chi connectivity index (χ0n) is 13.3. The van der Waals surface area contributed by atoms with E-state index in [0.29, 0.717) is 37.5 Å². The molecule has 23 heavy (non-hydrogen) atoms. The summed E-state index contributed by atoms with van der Waals surface area (Å²) in [5, 5.41) is 14.5. The standard InChI is InChI=1S/C15H21N3O5/c1-3-11-16-12(23-17-11)9-15(21)7-4-8-18(10-15)13(19)5-6-14(20)22-2/h5-6,21H,3-4,7-10H2,1-2H3/b6-5+. The minimum absolute atomic E-state index is 0.154. The average Bonchev–Trinajstić information content (AvgIpc) is 2.99. The molecule has 1 atom stereocenters. The normalized spacial score (nSPS) is 21.6. The lowest BCUT2D eigenvalue weighted by atomic mass is 9.89. The summed E-state index contributed by atoms with van der Waals surface area (Å²) in [7, 11) is 1.24. The van der Waals surface area contributed by atoms with Gasteiger partial charge in [0.05, 0.1) is 25.7 Å². The number of hydrogen-bond acceptors (Lipinski definition) is 7. The molecule has 1 aromatic heterocycles. The minimum atomic E-state index is -1.11. The fourth-order valence-electron chi connectivity index (χ4n) is 2.54. The molecule has 2 heterocycles. The largest absolute Gasteiger partial charge is 0.466 e. The molecule has 2 rings (SSSR count). The molecular weight excluding hydrogens is 302 g/mol. The minimum Gasteiger partial charge on any atom is -0.466 e. The molecule has 1 unspecified atom stereocenters. The molecule has 8 heteroatoms. The second kappa shape index (κ2) is 7.36. The highest BCUT2D eigenvalue weighted by Gasteiger charge is 2.36. The number of aryl methyl sites for hydroxylation is 1. The molecule has 0 aliphatic carbocycles. The Morgan fingerprint density at radius 1 is 1.48 bits per heavy atom. The second-order valence-corrected chi connectivity index (χ2v) is 5.58. The van der Waals surface area contributed by atoms with Gasteiger partial charge in [-0.15, -0.1) is 0 Å². The lowest BCUT2D eigenvalue weighted by Crippen LogP contribution is -2.51. The van der Waals surface area contributed by atoms with Gasteiger partial charge in [-0.2, -0.15) is 4.98 Å². The number of aliphatic hydroxyl groups is 1. The van der Waals surface area contributed by atoms with E-state index >= 15 is 0 Å². The summed E-state index contributed by atoms with van der Waals surface area (Å²) in [6.07, 6.45) is 4.28. The van der Waals surface area contributed by atoms with Crippen molar-refractivity contribution in [2.45, 2.75) is 38.2 Å². The lowest BCUT2D eigenvalue weighted by Gasteiger charge is -2.38. The zero-order valence-corrected chi connectivity index (χ0v) is 13.3. The Bertz CT molecular complexity index is 598. The molecule has 1 saturated heterocycles. The van der Waals surface area contributed by atoms with Gasteiger partial charge >= 0.3 is 5.97 Å². The average molecular weight is 323 g/mol. The van der Waals surface area contributed by atoms with Crippen LogP contribution in [0.4, 0.5) is 0 Å². The SMILES string of the molecule is CCc1noc(CC2(O)CCCN(C(=O)/C=C/C(=O)OC)C2)n1. The van der Waals surface area contributed by atoms with Crippen molar-refractivity contribution in [3.05, 3.63) is 23.9 Å². The molecule has 8 nitrogen and oxygen atoms in total. The Morgan fingerprint density at radius 3 is 2.91 bits per heavy atom. The molecule has 1 N–H and O–H groups in total. The van der Waals surface area contributed by atoms with E-state index in [9.17, 15) is 14.7 Å². The Balaban J connectivity index is 1.99. The Hall–Kier alpha value is -2.22. The molecule has 0 bridgehead atoms. The van der Waals surface area contributed by atoms with Crippen molar-refractivity contribution in [1.29, 1.82) is 0 Å². The van der Waals surface area contributed by atoms with Crippen molar-refractivity contribution in [3.63, 3.8) is 0 Å². The number of esters is 1. The topological polar surface area (TPSA) is 106 Å². The predicted molar refractivity (Wildman–Crippen MR) is 79.3 cm³/mol.